The van der Waals surface area contributed by atoms with Gasteiger partial charge in [0.2, 0.25) is 0 Å². The molecule has 0 amide bonds. The molecule has 0 radical (unpaired) electrons. The molecule has 4 heteroatoms. The van der Waals surface area contributed by atoms with Crippen LogP contribution in [0.15, 0.2) is 24.3 Å². The number of allylic oxidation sites excluding steroid dienone is 2. The lowest BCUT2D eigenvalue weighted by atomic mass is 9.67. The lowest BCUT2D eigenvalue weighted by Crippen LogP contribution is -2.46. The van der Waals surface area contributed by atoms with E-state index in [1.807, 2.05) is 13.0 Å². The summed E-state index contributed by atoms with van der Waals surface area (Å²) < 4.78 is 5.31. The highest BCUT2D eigenvalue weighted by atomic mass is 16.6. The Balaban J connectivity index is 2.08. The summed E-state index contributed by atoms with van der Waals surface area (Å²) in [7, 11) is 0. The highest BCUT2D eigenvalue weighted by Gasteiger charge is 2.59. The van der Waals surface area contributed by atoms with Crippen LogP contribution >= 0.6 is 0 Å². The number of carbonyl (C=O) groups excluding carboxylic acids is 2. The minimum Gasteiger partial charge on any atom is -0.458 e. The van der Waals surface area contributed by atoms with Gasteiger partial charge in [-0.05, 0) is 31.3 Å². The molecule has 0 aromatic rings. The molecule has 3 rings (SSSR count). The molecule has 4 nitrogen and oxygen atoms in total. The standard InChI is InChI=1S/C15H18O4/c1-7-6-10-12(8(2)14(18)19-10)13(17)15(3)9(7)4-5-11(15)16/h4-5,7,9-10,12-13,17H,2,6H2,1,3H3/t7-,9+,10+,12-,13+,15+/m1/s1. The zero-order chi connectivity index (χ0) is 13.9. The molecule has 0 bridgehead atoms. The van der Waals surface area contributed by atoms with Crippen molar-refractivity contribution < 1.29 is 19.4 Å². The fourth-order valence-electron chi connectivity index (χ4n) is 3.98. The van der Waals surface area contributed by atoms with Crippen LogP contribution in [0.3, 0.4) is 0 Å². The van der Waals surface area contributed by atoms with Crippen molar-refractivity contribution in [2.24, 2.45) is 23.2 Å². The van der Waals surface area contributed by atoms with Gasteiger partial charge in [0.1, 0.15) is 6.10 Å². The summed E-state index contributed by atoms with van der Waals surface area (Å²) >= 11 is 0. The van der Waals surface area contributed by atoms with E-state index in [9.17, 15) is 14.7 Å². The topological polar surface area (TPSA) is 63.6 Å². The van der Waals surface area contributed by atoms with Crippen LogP contribution in [0.5, 0.6) is 0 Å². The monoisotopic (exact) mass is 262 g/mol. The van der Waals surface area contributed by atoms with Crippen molar-refractivity contribution in [3.8, 4) is 0 Å². The molecule has 6 atom stereocenters. The number of ether oxygens (including phenoxy) is 1. The smallest absolute Gasteiger partial charge is 0.334 e. The second-order valence-electron chi connectivity index (χ2n) is 6.18. The third-order valence-corrected chi connectivity index (χ3v) is 5.17. The van der Waals surface area contributed by atoms with E-state index in [2.05, 4.69) is 6.58 Å². The van der Waals surface area contributed by atoms with Gasteiger partial charge in [-0.2, -0.15) is 0 Å². The largest absolute Gasteiger partial charge is 0.458 e. The van der Waals surface area contributed by atoms with Gasteiger partial charge in [-0.15, -0.1) is 0 Å². The summed E-state index contributed by atoms with van der Waals surface area (Å²) in [5.74, 6) is -0.802. The minimum atomic E-state index is -0.922. The van der Waals surface area contributed by atoms with Gasteiger partial charge in [0.05, 0.1) is 17.4 Å². The van der Waals surface area contributed by atoms with E-state index in [1.54, 1.807) is 13.0 Å². The van der Waals surface area contributed by atoms with Crippen molar-refractivity contribution in [3.05, 3.63) is 24.3 Å². The number of carbonyl (C=O) groups is 2. The van der Waals surface area contributed by atoms with Crippen LogP contribution in [0.4, 0.5) is 0 Å². The van der Waals surface area contributed by atoms with Gasteiger partial charge in [0.25, 0.3) is 0 Å². The summed E-state index contributed by atoms with van der Waals surface area (Å²) in [6, 6.07) is 0. The van der Waals surface area contributed by atoms with E-state index < -0.39 is 23.4 Å². The van der Waals surface area contributed by atoms with Gasteiger partial charge in [-0.1, -0.05) is 19.6 Å². The van der Waals surface area contributed by atoms with Gasteiger partial charge < -0.3 is 9.84 Å². The molecule has 1 saturated carbocycles. The van der Waals surface area contributed by atoms with Gasteiger partial charge in [-0.3, -0.25) is 4.79 Å². The molecule has 0 aromatic carbocycles. The molecule has 1 heterocycles. The Morgan fingerprint density at radius 2 is 2.16 bits per heavy atom. The molecule has 1 saturated heterocycles. The van der Waals surface area contributed by atoms with Gasteiger partial charge in [0.15, 0.2) is 5.78 Å². The Labute approximate surface area is 112 Å². The lowest BCUT2D eigenvalue weighted by Gasteiger charge is -2.37. The fraction of sp³-hybridized carbons (Fsp3) is 0.600. The zero-order valence-electron chi connectivity index (χ0n) is 11.1. The molecular formula is C15H18O4. The predicted molar refractivity (Wildman–Crippen MR) is 68.0 cm³/mol. The number of ketones is 1. The maximum Gasteiger partial charge on any atom is 0.334 e. The second-order valence-corrected chi connectivity index (χ2v) is 6.18. The Kier molecular flexibility index (Phi) is 2.52. The second kappa shape index (κ2) is 3.79. The number of hydrogen-bond acceptors (Lipinski definition) is 4. The first kappa shape index (κ1) is 12.6. The molecule has 0 unspecified atom stereocenters. The lowest BCUT2D eigenvalue weighted by molar-refractivity contribution is -0.140. The zero-order valence-corrected chi connectivity index (χ0v) is 11.1. The summed E-state index contributed by atoms with van der Waals surface area (Å²) in [6.07, 6.45) is 2.83. The summed E-state index contributed by atoms with van der Waals surface area (Å²) in [5, 5.41) is 10.7. The average Bonchev–Trinajstić information content (AvgIpc) is 2.77. The van der Waals surface area contributed by atoms with Crippen LogP contribution in [-0.4, -0.2) is 29.1 Å². The van der Waals surface area contributed by atoms with E-state index in [0.29, 0.717) is 12.0 Å². The minimum absolute atomic E-state index is 0.00731. The van der Waals surface area contributed by atoms with Crippen LogP contribution in [0.1, 0.15) is 20.3 Å². The third-order valence-electron chi connectivity index (χ3n) is 5.17. The number of aliphatic hydroxyl groups excluding tert-OH is 1. The van der Waals surface area contributed by atoms with Gasteiger partial charge >= 0.3 is 5.97 Å². The number of esters is 1. The molecule has 2 aliphatic carbocycles. The fourth-order valence-corrected chi connectivity index (χ4v) is 3.98. The molecular weight excluding hydrogens is 244 g/mol. The van der Waals surface area contributed by atoms with E-state index >= 15 is 0 Å². The summed E-state index contributed by atoms with van der Waals surface area (Å²) in [5.41, 5.74) is -0.568. The maximum atomic E-state index is 12.2. The molecule has 3 aliphatic rings. The number of fused-ring (bicyclic) bond motifs is 2. The number of rotatable bonds is 0. The van der Waals surface area contributed by atoms with Crippen molar-refractivity contribution in [2.75, 3.05) is 0 Å². The maximum absolute atomic E-state index is 12.2. The Morgan fingerprint density at radius 3 is 2.84 bits per heavy atom. The predicted octanol–water partition coefficient (Wildman–Crippen LogP) is 1.25. The summed E-state index contributed by atoms with van der Waals surface area (Å²) in [4.78, 5) is 23.9. The van der Waals surface area contributed by atoms with Crippen LogP contribution in [0.2, 0.25) is 0 Å². The van der Waals surface area contributed by atoms with E-state index in [1.165, 1.54) is 0 Å². The first-order valence-corrected chi connectivity index (χ1v) is 6.68. The van der Waals surface area contributed by atoms with Crippen molar-refractivity contribution in [2.45, 2.75) is 32.5 Å². The van der Waals surface area contributed by atoms with E-state index in [0.717, 1.165) is 0 Å². The van der Waals surface area contributed by atoms with E-state index in [-0.39, 0.29) is 23.7 Å². The van der Waals surface area contributed by atoms with Crippen LogP contribution in [-0.2, 0) is 14.3 Å². The molecule has 2 fully saturated rings. The molecule has 19 heavy (non-hydrogen) atoms. The van der Waals surface area contributed by atoms with Crippen molar-refractivity contribution in [1.82, 2.24) is 0 Å². The van der Waals surface area contributed by atoms with Crippen LogP contribution in [0.25, 0.3) is 0 Å². The first-order valence-electron chi connectivity index (χ1n) is 6.68. The van der Waals surface area contributed by atoms with E-state index in [4.69, 9.17) is 4.74 Å². The normalized spacial score (nSPS) is 48.8. The van der Waals surface area contributed by atoms with Gasteiger partial charge in [-0.25, -0.2) is 4.79 Å². The molecule has 102 valence electrons. The first-order chi connectivity index (χ1) is 8.87. The average molecular weight is 262 g/mol. The van der Waals surface area contributed by atoms with Crippen molar-refractivity contribution in [1.29, 1.82) is 0 Å². The van der Waals surface area contributed by atoms with Crippen molar-refractivity contribution in [3.63, 3.8) is 0 Å². The quantitative estimate of drug-likeness (QED) is 0.527. The SMILES string of the molecule is C=C1C(=O)O[C@H]2C[C@@H](C)[C@@H]3C=CC(=O)[C@@]3(C)[C@@H](O)[C@H]12. The Hall–Kier alpha value is -1.42. The van der Waals surface area contributed by atoms with Crippen LogP contribution in [0, 0.1) is 23.2 Å². The van der Waals surface area contributed by atoms with Crippen LogP contribution < -0.4 is 0 Å². The Bertz CT molecular complexity index is 506. The van der Waals surface area contributed by atoms with Gasteiger partial charge in [0, 0.05) is 5.57 Å². The molecule has 1 aliphatic heterocycles. The molecule has 1 N–H and O–H groups in total. The molecule has 0 spiro atoms. The highest BCUT2D eigenvalue weighted by Crippen LogP contribution is 2.52. The number of aliphatic hydroxyl groups is 1. The molecule has 0 aromatic heterocycles. The van der Waals surface area contributed by atoms with Crippen molar-refractivity contribution >= 4 is 11.8 Å². The number of hydrogen-bond donors (Lipinski definition) is 1. The third kappa shape index (κ3) is 1.43. The highest BCUT2D eigenvalue weighted by molar-refractivity contribution is 5.99. The Morgan fingerprint density at radius 1 is 1.47 bits per heavy atom. The summed E-state index contributed by atoms with van der Waals surface area (Å²) in [6.45, 7) is 7.57.